The summed E-state index contributed by atoms with van der Waals surface area (Å²) in [4.78, 5) is 12.9. The topological polar surface area (TPSA) is 72.9 Å². The second-order valence-corrected chi connectivity index (χ2v) is 11.9. The average molecular weight is 526 g/mol. The van der Waals surface area contributed by atoms with Crippen LogP contribution in [0, 0.1) is 0 Å². The molecule has 0 heterocycles. The fraction of sp³-hybridized carbons (Fsp3) is 0.500. The molecule has 0 radical (unpaired) electrons. The minimum atomic E-state index is -4.64. The Bertz CT molecular complexity index is 1230. The highest BCUT2D eigenvalue weighted by Crippen LogP contribution is 2.49. The first-order chi connectivity index (χ1) is 16.8. The number of halogens is 3. The molecule has 2 aromatic carbocycles. The van der Waals surface area contributed by atoms with Crippen molar-refractivity contribution in [3.05, 3.63) is 58.7 Å². The quantitative estimate of drug-likeness (QED) is 0.449. The van der Waals surface area contributed by atoms with Gasteiger partial charge in [0.2, 0.25) is 0 Å². The number of hydrogen-bond donors (Lipinski definition) is 0. The Labute approximate surface area is 209 Å². The molecule has 2 aliphatic rings. The lowest BCUT2D eigenvalue weighted by atomic mass is 9.86. The summed E-state index contributed by atoms with van der Waals surface area (Å²) >= 11 is 0. The predicted octanol–water partition coefficient (Wildman–Crippen LogP) is 5.05. The summed E-state index contributed by atoms with van der Waals surface area (Å²) in [5.41, 5.74) is 0.834. The Balaban J connectivity index is 1.61. The molecule has 0 aromatic heterocycles. The Hall–Kier alpha value is -2.59. The van der Waals surface area contributed by atoms with E-state index >= 15 is 0 Å². The monoisotopic (exact) mass is 525 g/mol. The number of ether oxygens (including phenoxy) is 2. The van der Waals surface area contributed by atoms with Gasteiger partial charge in [0.15, 0.2) is 16.4 Å². The van der Waals surface area contributed by atoms with Gasteiger partial charge in [0.25, 0.3) is 0 Å². The zero-order chi connectivity index (χ0) is 26.3. The first-order valence-electron chi connectivity index (χ1n) is 11.8. The Morgan fingerprint density at radius 3 is 2.56 bits per heavy atom. The second-order valence-electron chi connectivity index (χ2n) is 9.90. The molecule has 0 unspecified atom stereocenters. The van der Waals surface area contributed by atoms with E-state index < -0.39 is 38.8 Å². The summed E-state index contributed by atoms with van der Waals surface area (Å²) in [5, 5.41) is 0. The van der Waals surface area contributed by atoms with Crippen molar-refractivity contribution in [2.45, 2.75) is 61.6 Å². The Morgan fingerprint density at radius 2 is 1.92 bits per heavy atom. The van der Waals surface area contributed by atoms with Crippen LogP contribution in [-0.2, 0) is 37.4 Å². The van der Waals surface area contributed by atoms with Crippen LogP contribution in [0.1, 0.15) is 60.9 Å². The zero-order valence-corrected chi connectivity index (χ0v) is 21.3. The van der Waals surface area contributed by atoms with Crippen molar-refractivity contribution in [3.8, 4) is 5.75 Å². The average Bonchev–Trinajstić information content (AvgIpc) is 3.59. The lowest BCUT2D eigenvalue weighted by Gasteiger charge is -2.33. The lowest BCUT2D eigenvalue weighted by molar-refractivity contribution is -0.143. The van der Waals surface area contributed by atoms with E-state index in [0.29, 0.717) is 24.2 Å². The van der Waals surface area contributed by atoms with Gasteiger partial charge in [-0.2, -0.15) is 13.2 Å². The van der Waals surface area contributed by atoms with Crippen LogP contribution in [0.4, 0.5) is 13.2 Å². The summed E-state index contributed by atoms with van der Waals surface area (Å²) in [6.07, 6.45) is -1.02. The molecule has 0 saturated heterocycles. The first kappa shape index (κ1) is 26.5. The minimum absolute atomic E-state index is 0.237. The van der Waals surface area contributed by atoms with E-state index in [4.69, 9.17) is 4.74 Å². The van der Waals surface area contributed by atoms with Crippen molar-refractivity contribution in [2.24, 2.45) is 0 Å². The van der Waals surface area contributed by atoms with Gasteiger partial charge in [-0.05, 0) is 85.5 Å². The van der Waals surface area contributed by atoms with Crippen LogP contribution in [0.2, 0.25) is 0 Å². The maximum atomic E-state index is 13.6. The van der Waals surface area contributed by atoms with Crippen molar-refractivity contribution >= 4 is 15.8 Å². The smallest absolute Gasteiger partial charge is 0.416 e. The van der Waals surface area contributed by atoms with Crippen molar-refractivity contribution in [1.82, 2.24) is 4.90 Å². The summed E-state index contributed by atoms with van der Waals surface area (Å²) < 4.78 is 77.8. The fourth-order valence-corrected chi connectivity index (χ4v) is 6.26. The number of rotatable bonds is 8. The molecule has 0 spiro atoms. The fourth-order valence-electron chi connectivity index (χ4n) is 4.78. The lowest BCUT2D eigenvalue weighted by Crippen LogP contribution is -2.33. The number of sulfone groups is 1. The summed E-state index contributed by atoms with van der Waals surface area (Å²) in [6, 6.07) is 8.37. The van der Waals surface area contributed by atoms with E-state index in [1.54, 1.807) is 24.1 Å². The van der Waals surface area contributed by atoms with Gasteiger partial charge < -0.3 is 9.47 Å². The van der Waals surface area contributed by atoms with Gasteiger partial charge in [0, 0.05) is 6.04 Å². The molecule has 2 aromatic rings. The third-order valence-corrected chi connectivity index (χ3v) is 8.90. The molecule has 0 bridgehead atoms. The van der Waals surface area contributed by atoms with Crippen LogP contribution in [0.3, 0.4) is 0 Å². The molecule has 1 saturated carbocycles. The highest BCUT2D eigenvalue weighted by molar-refractivity contribution is 7.91. The zero-order valence-electron chi connectivity index (χ0n) is 20.5. The van der Waals surface area contributed by atoms with E-state index in [2.05, 4.69) is 4.74 Å². The van der Waals surface area contributed by atoms with E-state index in [1.807, 2.05) is 13.0 Å². The number of benzene rings is 2. The Kier molecular flexibility index (Phi) is 7.13. The van der Waals surface area contributed by atoms with E-state index in [-0.39, 0.29) is 17.5 Å². The maximum Gasteiger partial charge on any atom is 0.416 e. The SMILES string of the molecule is COC(=O)COc1cccc2c1CCC[C@H]2N(C)CS(=O)(=O)c1cc(C(F)(F)F)cc(C2(C)CC2)c1. The molecule has 1 atom stereocenters. The molecule has 10 heteroatoms. The number of hydrogen-bond acceptors (Lipinski definition) is 6. The number of carbonyl (C=O) groups excluding carboxylic acids is 1. The number of esters is 1. The van der Waals surface area contributed by atoms with E-state index in [9.17, 15) is 26.4 Å². The summed E-state index contributed by atoms with van der Waals surface area (Å²) in [6.45, 7) is 1.61. The molecule has 0 N–H and O–H groups in total. The molecule has 4 rings (SSSR count). The van der Waals surface area contributed by atoms with Crippen LogP contribution < -0.4 is 4.74 Å². The number of methoxy groups -OCH3 is 1. The van der Waals surface area contributed by atoms with Crippen molar-refractivity contribution in [2.75, 3.05) is 26.6 Å². The maximum absolute atomic E-state index is 13.6. The van der Waals surface area contributed by atoms with E-state index in [1.165, 1.54) is 13.2 Å². The highest BCUT2D eigenvalue weighted by Gasteiger charge is 2.42. The highest BCUT2D eigenvalue weighted by atomic mass is 32.2. The van der Waals surface area contributed by atoms with Gasteiger partial charge in [-0.3, -0.25) is 4.90 Å². The van der Waals surface area contributed by atoms with Crippen LogP contribution in [0.5, 0.6) is 5.75 Å². The summed E-state index contributed by atoms with van der Waals surface area (Å²) in [7, 11) is -1.11. The molecule has 36 heavy (non-hydrogen) atoms. The second kappa shape index (κ2) is 9.70. The van der Waals surface area contributed by atoms with Gasteiger partial charge in [-0.1, -0.05) is 19.1 Å². The standard InChI is InChI=1S/C26H30F3NO5S/c1-25(10-11-25)17-12-18(26(27,28)29)14-19(13-17)36(32,33)16-30(2)22-8-4-7-21-20(22)6-5-9-23(21)35-15-24(31)34-3/h5-6,9,12-14,22H,4,7-8,10-11,15-16H2,1-3H3/t22-/m1/s1. The Morgan fingerprint density at radius 1 is 1.19 bits per heavy atom. The minimum Gasteiger partial charge on any atom is -0.482 e. The van der Waals surface area contributed by atoms with Gasteiger partial charge in [-0.15, -0.1) is 0 Å². The number of alkyl halides is 3. The van der Waals surface area contributed by atoms with Crippen LogP contribution in [0.25, 0.3) is 0 Å². The molecule has 6 nitrogen and oxygen atoms in total. The van der Waals surface area contributed by atoms with Crippen LogP contribution in [0.15, 0.2) is 41.3 Å². The molecule has 1 fully saturated rings. The molecule has 2 aliphatic carbocycles. The van der Waals surface area contributed by atoms with Crippen molar-refractivity contribution in [1.29, 1.82) is 0 Å². The van der Waals surface area contributed by atoms with Crippen LogP contribution in [-0.4, -0.2) is 45.9 Å². The van der Waals surface area contributed by atoms with E-state index in [0.717, 1.165) is 42.5 Å². The van der Waals surface area contributed by atoms with Crippen LogP contribution >= 0.6 is 0 Å². The molecule has 196 valence electrons. The van der Waals surface area contributed by atoms with Gasteiger partial charge in [0.05, 0.1) is 17.6 Å². The normalized spacial score (nSPS) is 19.0. The third kappa shape index (κ3) is 5.54. The molecule has 0 aliphatic heterocycles. The largest absolute Gasteiger partial charge is 0.482 e. The van der Waals surface area contributed by atoms with Gasteiger partial charge in [0.1, 0.15) is 11.6 Å². The number of fused-ring (bicyclic) bond motifs is 1. The molecular weight excluding hydrogens is 495 g/mol. The third-order valence-electron chi connectivity index (χ3n) is 7.20. The number of carbonyl (C=O) groups is 1. The first-order valence-corrected chi connectivity index (χ1v) is 13.5. The number of nitrogens with zero attached hydrogens (tertiary/aromatic N) is 1. The predicted molar refractivity (Wildman–Crippen MR) is 127 cm³/mol. The molecular formula is C26H30F3NO5S. The van der Waals surface area contributed by atoms with Crippen molar-refractivity contribution in [3.63, 3.8) is 0 Å². The summed E-state index contributed by atoms with van der Waals surface area (Å²) in [5.74, 6) is -0.398. The van der Waals surface area contributed by atoms with Gasteiger partial charge >= 0.3 is 12.1 Å². The van der Waals surface area contributed by atoms with Gasteiger partial charge in [-0.25, -0.2) is 13.2 Å². The van der Waals surface area contributed by atoms with Crippen molar-refractivity contribution < 1.29 is 35.9 Å². The molecule has 0 amide bonds.